The van der Waals surface area contributed by atoms with E-state index in [9.17, 15) is 4.79 Å². The Morgan fingerprint density at radius 3 is 2.53 bits per heavy atom. The molecule has 1 heterocycles. The van der Waals surface area contributed by atoms with Crippen LogP contribution in [0.3, 0.4) is 0 Å². The molecule has 1 unspecified atom stereocenters. The van der Waals surface area contributed by atoms with Crippen LogP contribution < -0.4 is 0 Å². The zero-order valence-corrected chi connectivity index (χ0v) is 10.4. The molecule has 0 spiro atoms. The molecule has 0 amide bonds. The number of rotatable bonds is 4. The van der Waals surface area contributed by atoms with Gasteiger partial charge in [-0.2, -0.15) is 0 Å². The Hall–Kier alpha value is -2.13. The van der Waals surface area contributed by atoms with Gasteiger partial charge in [0.15, 0.2) is 0 Å². The van der Waals surface area contributed by atoms with Gasteiger partial charge in [-0.3, -0.25) is 0 Å². The summed E-state index contributed by atoms with van der Waals surface area (Å²) in [6, 6.07) is 17.3. The van der Waals surface area contributed by atoms with Gasteiger partial charge in [-0.25, -0.2) is 4.79 Å². The number of epoxide rings is 1. The molecule has 1 saturated heterocycles. The fourth-order valence-corrected chi connectivity index (χ4v) is 1.94. The van der Waals surface area contributed by atoms with Crippen molar-refractivity contribution in [2.24, 2.45) is 0 Å². The highest BCUT2D eigenvalue weighted by molar-refractivity contribution is 5.97. The van der Waals surface area contributed by atoms with Gasteiger partial charge in [0.2, 0.25) is 0 Å². The van der Waals surface area contributed by atoms with Gasteiger partial charge in [-0.1, -0.05) is 48.5 Å². The van der Waals surface area contributed by atoms with Crippen molar-refractivity contribution in [3.8, 4) is 11.1 Å². The first-order valence-corrected chi connectivity index (χ1v) is 6.28. The Bertz CT molecular complexity index is 574. The molecule has 3 nitrogen and oxygen atoms in total. The smallest absolute Gasteiger partial charge is 0.338 e. The van der Waals surface area contributed by atoms with Gasteiger partial charge in [0, 0.05) is 0 Å². The van der Waals surface area contributed by atoms with E-state index in [1.165, 1.54) is 0 Å². The van der Waals surface area contributed by atoms with Gasteiger partial charge in [0.1, 0.15) is 12.7 Å². The Morgan fingerprint density at radius 1 is 1.11 bits per heavy atom. The standard InChI is InChI=1S/C16H14O3/c17-16(19-11-13-10-18-13)15-9-5-4-8-14(15)12-6-2-1-3-7-12/h1-9,13H,10-11H2. The van der Waals surface area contributed by atoms with Crippen molar-refractivity contribution in [2.45, 2.75) is 6.10 Å². The molecule has 0 N–H and O–H groups in total. The predicted molar refractivity (Wildman–Crippen MR) is 71.9 cm³/mol. The zero-order chi connectivity index (χ0) is 13.1. The largest absolute Gasteiger partial charge is 0.459 e. The maximum Gasteiger partial charge on any atom is 0.338 e. The number of hydrogen-bond acceptors (Lipinski definition) is 3. The molecule has 0 aromatic heterocycles. The van der Waals surface area contributed by atoms with Gasteiger partial charge in [-0.15, -0.1) is 0 Å². The van der Waals surface area contributed by atoms with E-state index in [1.807, 2.05) is 48.5 Å². The molecule has 96 valence electrons. The van der Waals surface area contributed by atoms with Crippen molar-refractivity contribution in [2.75, 3.05) is 13.2 Å². The molecule has 1 fully saturated rings. The first-order chi connectivity index (χ1) is 9.34. The number of esters is 1. The maximum atomic E-state index is 12.1. The molecule has 1 aliphatic rings. The molecule has 0 aliphatic carbocycles. The summed E-state index contributed by atoms with van der Waals surface area (Å²) in [7, 11) is 0. The van der Waals surface area contributed by atoms with E-state index in [0.29, 0.717) is 18.8 Å². The lowest BCUT2D eigenvalue weighted by molar-refractivity contribution is 0.0477. The Morgan fingerprint density at radius 2 is 1.79 bits per heavy atom. The van der Waals surface area contributed by atoms with E-state index in [-0.39, 0.29) is 12.1 Å². The summed E-state index contributed by atoms with van der Waals surface area (Å²) in [4.78, 5) is 12.1. The van der Waals surface area contributed by atoms with Crippen LogP contribution in [-0.2, 0) is 9.47 Å². The summed E-state index contributed by atoms with van der Waals surface area (Å²) in [5.41, 5.74) is 2.50. The van der Waals surface area contributed by atoms with Gasteiger partial charge in [0.25, 0.3) is 0 Å². The van der Waals surface area contributed by atoms with Crippen LogP contribution in [0.4, 0.5) is 0 Å². The number of ether oxygens (including phenoxy) is 2. The Kier molecular flexibility index (Phi) is 3.29. The number of hydrogen-bond donors (Lipinski definition) is 0. The van der Waals surface area contributed by atoms with Gasteiger partial charge in [-0.05, 0) is 17.2 Å². The third kappa shape index (κ3) is 2.83. The Labute approximate surface area is 111 Å². The summed E-state index contributed by atoms with van der Waals surface area (Å²) in [5.74, 6) is -0.296. The number of carbonyl (C=O) groups is 1. The van der Waals surface area contributed by atoms with Gasteiger partial charge >= 0.3 is 5.97 Å². The summed E-state index contributed by atoms with van der Waals surface area (Å²) < 4.78 is 10.3. The average molecular weight is 254 g/mol. The molecule has 0 bridgehead atoms. The topological polar surface area (TPSA) is 38.8 Å². The summed E-state index contributed by atoms with van der Waals surface area (Å²) >= 11 is 0. The fraction of sp³-hybridized carbons (Fsp3) is 0.188. The van der Waals surface area contributed by atoms with Crippen LogP contribution in [0.5, 0.6) is 0 Å². The summed E-state index contributed by atoms with van der Waals surface area (Å²) in [5, 5.41) is 0. The minimum absolute atomic E-state index is 0.0906. The van der Waals surface area contributed by atoms with Crippen molar-refractivity contribution in [3.05, 3.63) is 60.2 Å². The lowest BCUT2D eigenvalue weighted by Gasteiger charge is -2.09. The molecule has 1 atom stereocenters. The second-order valence-electron chi connectivity index (χ2n) is 4.47. The monoisotopic (exact) mass is 254 g/mol. The second kappa shape index (κ2) is 5.24. The highest BCUT2D eigenvalue weighted by Gasteiger charge is 2.25. The molecule has 2 aromatic carbocycles. The van der Waals surface area contributed by atoms with E-state index in [0.717, 1.165) is 11.1 Å². The van der Waals surface area contributed by atoms with Gasteiger partial charge < -0.3 is 9.47 Å². The third-order valence-corrected chi connectivity index (χ3v) is 3.03. The molecular weight excluding hydrogens is 240 g/mol. The third-order valence-electron chi connectivity index (χ3n) is 3.03. The fourth-order valence-electron chi connectivity index (χ4n) is 1.94. The second-order valence-corrected chi connectivity index (χ2v) is 4.47. The van der Waals surface area contributed by atoms with Crippen LogP contribution in [0.2, 0.25) is 0 Å². The molecule has 0 saturated carbocycles. The normalized spacial score (nSPS) is 16.9. The van der Waals surface area contributed by atoms with Crippen LogP contribution >= 0.6 is 0 Å². The van der Waals surface area contributed by atoms with E-state index in [2.05, 4.69) is 0 Å². The van der Waals surface area contributed by atoms with E-state index < -0.39 is 0 Å². The van der Waals surface area contributed by atoms with E-state index in [1.54, 1.807) is 6.07 Å². The first kappa shape index (κ1) is 11.9. The highest BCUT2D eigenvalue weighted by Crippen LogP contribution is 2.24. The summed E-state index contributed by atoms with van der Waals surface area (Å²) in [6.45, 7) is 1.02. The van der Waals surface area contributed by atoms with Crippen LogP contribution in [0.1, 0.15) is 10.4 Å². The molecule has 3 rings (SSSR count). The lowest BCUT2D eigenvalue weighted by atomic mass is 10.00. The minimum atomic E-state index is -0.296. The average Bonchev–Trinajstić information content (AvgIpc) is 3.30. The predicted octanol–water partition coefficient (Wildman–Crippen LogP) is 2.91. The van der Waals surface area contributed by atoms with Crippen LogP contribution in [0.15, 0.2) is 54.6 Å². The number of benzene rings is 2. The van der Waals surface area contributed by atoms with Crippen molar-refractivity contribution in [1.82, 2.24) is 0 Å². The molecular formula is C16H14O3. The highest BCUT2D eigenvalue weighted by atomic mass is 16.6. The molecule has 3 heteroatoms. The van der Waals surface area contributed by atoms with Crippen LogP contribution in [0, 0.1) is 0 Å². The van der Waals surface area contributed by atoms with Crippen LogP contribution in [-0.4, -0.2) is 25.3 Å². The van der Waals surface area contributed by atoms with Crippen molar-refractivity contribution in [1.29, 1.82) is 0 Å². The molecule has 2 aromatic rings. The lowest BCUT2D eigenvalue weighted by Crippen LogP contribution is -2.11. The summed E-state index contributed by atoms with van der Waals surface area (Å²) in [6.07, 6.45) is 0.0906. The Balaban J connectivity index is 1.86. The van der Waals surface area contributed by atoms with Crippen molar-refractivity contribution < 1.29 is 14.3 Å². The minimum Gasteiger partial charge on any atom is -0.459 e. The van der Waals surface area contributed by atoms with E-state index in [4.69, 9.17) is 9.47 Å². The zero-order valence-electron chi connectivity index (χ0n) is 10.4. The number of carbonyl (C=O) groups excluding carboxylic acids is 1. The molecule has 0 radical (unpaired) electrons. The van der Waals surface area contributed by atoms with Crippen molar-refractivity contribution in [3.63, 3.8) is 0 Å². The first-order valence-electron chi connectivity index (χ1n) is 6.28. The molecule has 1 aliphatic heterocycles. The molecule has 19 heavy (non-hydrogen) atoms. The van der Waals surface area contributed by atoms with E-state index >= 15 is 0 Å². The quantitative estimate of drug-likeness (QED) is 0.622. The van der Waals surface area contributed by atoms with Crippen LogP contribution in [0.25, 0.3) is 11.1 Å². The van der Waals surface area contributed by atoms with Crippen molar-refractivity contribution >= 4 is 5.97 Å². The van der Waals surface area contributed by atoms with Gasteiger partial charge in [0.05, 0.1) is 12.2 Å². The maximum absolute atomic E-state index is 12.1. The SMILES string of the molecule is O=C(OCC1CO1)c1ccccc1-c1ccccc1.